The molecule has 0 saturated carbocycles. The van der Waals surface area contributed by atoms with E-state index in [1.165, 1.54) is 0 Å². The lowest BCUT2D eigenvalue weighted by Crippen LogP contribution is -2.32. The van der Waals surface area contributed by atoms with Crippen LogP contribution in [-0.4, -0.2) is 28.1 Å². The number of hydrogen-bond donors (Lipinski definition) is 2. The highest BCUT2D eigenvalue weighted by atomic mass is 79.9. The average Bonchev–Trinajstić information content (AvgIpc) is 2.24. The molecule has 0 unspecified atom stereocenters. The van der Waals surface area contributed by atoms with Crippen molar-refractivity contribution in [1.29, 1.82) is 0 Å². The molecule has 1 aromatic rings. The zero-order valence-corrected chi connectivity index (χ0v) is 12.4. The predicted molar refractivity (Wildman–Crippen MR) is 72.6 cm³/mol. The lowest BCUT2D eigenvalue weighted by Gasteiger charge is -2.09. The smallest absolute Gasteiger partial charge is 0.240 e. The third-order valence-corrected chi connectivity index (χ3v) is 4.38. The summed E-state index contributed by atoms with van der Waals surface area (Å²) in [7, 11) is -3.40. The first-order valence-corrected chi connectivity index (χ1v) is 7.71. The second-order valence-corrected chi connectivity index (χ2v) is 6.31. The maximum Gasteiger partial charge on any atom is 0.240 e. The average molecular weight is 321 g/mol. The number of nitrogens with one attached hydrogen (secondary N) is 2. The van der Waals surface area contributed by atoms with Gasteiger partial charge in [-0.3, -0.25) is 0 Å². The van der Waals surface area contributed by atoms with Crippen LogP contribution in [0.2, 0.25) is 0 Å². The highest BCUT2D eigenvalue weighted by molar-refractivity contribution is 9.10. The number of hydrogen-bond acceptors (Lipinski definition) is 3. The van der Waals surface area contributed by atoms with E-state index in [1.54, 1.807) is 25.1 Å². The fraction of sp³-hybridized carbons (Fsp3) is 0.455. The van der Waals surface area contributed by atoms with E-state index in [1.807, 2.05) is 6.92 Å². The van der Waals surface area contributed by atoms with Crippen LogP contribution in [0.4, 0.5) is 0 Å². The Morgan fingerprint density at radius 1 is 1.29 bits per heavy atom. The van der Waals surface area contributed by atoms with Crippen LogP contribution in [0.5, 0.6) is 0 Å². The van der Waals surface area contributed by atoms with Crippen LogP contribution in [0.1, 0.15) is 12.5 Å². The molecule has 0 aliphatic carbocycles. The van der Waals surface area contributed by atoms with Gasteiger partial charge in [0.05, 0.1) is 4.90 Å². The van der Waals surface area contributed by atoms with Crippen molar-refractivity contribution in [3.63, 3.8) is 0 Å². The summed E-state index contributed by atoms with van der Waals surface area (Å²) in [5.74, 6) is 0. The van der Waals surface area contributed by atoms with Gasteiger partial charge < -0.3 is 5.32 Å². The molecule has 0 saturated heterocycles. The maximum atomic E-state index is 12.0. The van der Waals surface area contributed by atoms with E-state index in [4.69, 9.17) is 0 Å². The second-order valence-electron chi connectivity index (χ2n) is 3.66. The van der Waals surface area contributed by atoms with Crippen LogP contribution >= 0.6 is 15.9 Å². The van der Waals surface area contributed by atoms with Gasteiger partial charge in [-0.1, -0.05) is 22.9 Å². The first-order chi connectivity index (χ1) is 7.97. The molecular weight excluding hydrogens is 304 g/mol. The van der Waals surface area contributed by atoms with Gasteiger partial charge in [0.2, 0.25) is 10.0 Å². The summed E-state index contributed by atoms with van der Waals surface area (Å²) in [5, 5.41) is 3.06. The van der Waals surface area contributed by atoms with Gasteiger partial charge in [0.15, 0.2) is 0 Å². The minimum Gasteiger partial charge on any atom is -0.316 e. The summed E-state index contributed by atoms with van der Waals surface area (Å²) < 4.78 is 27.4. The van der Waals surface area contributed by atoms with Crippen LogP contribution in [0.3, 0.4) is 0 Å². The number of aryl methyl sites for hydroxylation is 1. The zero-order valence-electron chi connectivity index (χ0n) is 9.96. The lowest BCUT2D eigenvalue weighted by molar-refractivity contribution is 0.577. The third kappa shape index (κ3) is 4.39. The van der Waals surface area contributed by atoms with E-state index in [2.05, 4.69) is 26.0 Å². The van der Waals surface area contributed by atoms with E-state index in [0.29, 0.717) is 18.0 Å². The fourth-order valence-corrected chi connectivity index (χ4v) is 3.17. The molecule has 0 aromatic heterocycles. The third-order valence-electron chi connectivity index (χ3n) is 2.27. The van der Waals surface area contributed by atoms with Crippen LogP contribution in [0, 0.1) is 6.92 Å². The first-order valence-electron chi connectivity index (χ1n) is 5.44. The van der Waals surface area contributed by atoms with Gasteiger partial charge in [0, 0.05) is 17.6 Å². The maximum absolute atomic E-state index is 12.0. The summed E-state index contributed by atoms with van der Waals surface area (Å²) in [4.78, 5) is 0.331. The number of likely N-dealkylation sites (N-methyl/N-ethyl adjacent to an activating group) is 1. The molecule has 0 fully saturated rings. The van der Waals surface area contributed by atoms with Crippen molar-refractivity contribution >= 4 is 26.0 Å². The second kappa shape index (κ2) is 6.49. The van der Waals surface area contributed by atoms with Crippen LogP contribution < -0.4 is 10.0 Å². The Morgan fingerprint density at radius 2 is 2.00 bits per heavy atom. The quantitative estimate of drug-likeness (QED) is 0.783. The minimum absolute atomic E-state index is 0.331. The number of rotatable bonds is 6. The van der Waals surface area contributed by atoms with Gasteiger partial charge in [0.1, 0.15) is 0 Å². The summed E-state index contributed by atoms with van der Waals surface area (Å²) in [6, 6.07) is 5.12. The van der Waals surface area contributed by atoms with E-state index in [9.17, 15) is 8.42 Å². The summed E-state index contributed by atoms with van der Waals surface area (Å²) in [5.41, 5.74) is 0.732. The van der Waals surface area contributed by atoms with E-state index < -0.39 is 10.0 Å². The topological polar surface area (TPSA) is 58.2 Å². The Hall–Kier alpha value is -0.430. The van der Waals surface area contributed by atoms with Gasteiger partial charge in [0.25, 0.3) is 0 Å². The summed E-state index contributed by atoms with van der Waals surface area (Å²) in [6.07, 6.45) is 0. The molecule has 17 heavy (non-hydrogen) atoms. The summed E-state index contributed by atoms with van der Waals surface area (Å²) in [6.45, 7) is 5.62. The van der Waals surface area contributed by atoms with Crippen molar-refractivity contribution in [2.24, 2.45) is 0 Å². The van der Waals surface area contributed by atoms with Crippen molar-refractivity contribution in [3.8, 4) is 0 Å². The van der Waals surface area contributed by atoms with E-state index in [0.717, 1.165) is 16.6 Å². The molecule has 1 aromatic carbocycles. The molecule has 96 valence electrons. The Balaban J connectivity index is 2.76. The zero-order chi connectivity index (χ0) is 12.9. The summed E-state index contributed by atoms with van der Waals surface area (Å²) >= 11 is 3.31. The highest BCUT2D eigenvalue weighted by Gasteiger charge is 2.15. The van der Waals surface area contributed by atoms with E-state index in [-0.39, 0.29) is 0 Å². The normalized spacial score (nSPS) is 11.7. The monoisotopic (exact) mass is 320 g/mol. The molecule has 4 nitrogen and oxygen atoms in total. The Morgan fingerprint density at radius 3 is 2.59 bits per heavy atom. The Bertz CT molecular complexity index is 474. The van der Waals surface area contributed by atoms with Crippen LogP contribution in [0.15, 0.2) is 27.6 Å². The largest absolute Gasteiger partial charge is 0.316 e. The number of halogens is 1. The molecule has 0 amide bonds. The molecule has 0 aliphatic rings. The van der Waals surface area contributed by atoms with Crippen molar-refractivity contribution in [1.82, 2.24) is 10.0 Å². The molecule has 6 heteroatoms. The van der Waals surface area contributed by atoms with E-state index >= 15 is 0 Å². The number of benzene rings is 1. The molecule has 0 aliphatic heterocycles. The SMILES string of the molecule is CCNCCNS(=O)(=O)c1ccc(Br)cc1C. The standard InChI is InChI=1S/C11H17BrN2O2S/c1-3-13-6-7-14-17(15,16)11-5-4-10(12)8-9(11)2/h4-5,8,13-14H,3,6-7H2,1-2H3. The van der Waals surface area contributed by atoms with Crippen LogP contribution in [-0.2, 0) is 10.0 Å². The molecule has 2 N–H and O–H groups in total. The van der Waals surface area contributed by atoms with Gasteiger partial charge >= 0.3 is 0 Å². The molecule has 1 rings (SSSR count). The van der Waals surface area contributed by atoms with Crippen molar-refractivity contribution < 1.29 is 8.42 Å². The molecule has 0 spiro atoms. The minimum atomic E-state index is -3.40. The fourth-order valence-electron chi connectivity index (χ4n) is 1.44. The van der Waals surface area contributed by atoms with Crippen molar-refractivity contribution in [2.45, 2.75) is 18.7 Å². The molecule has 0 heterocycles. The first kappa shape index (κ1) is 14.6. The lowest BCUT2D eigenvalue weighted by atomic mass is 10.2. The Kier molecular flexibility index (Phi) is 5.58. The van der Waals surface area contributed by atoms with Gasteiger partial charge in [-0.25, -0.2) is 13.1 Å². The van der Waals surface area contributed by atoms with Gasteiger partial charge in [-0.2, -0.15) is 0 Å². The Labute approximate surface area is 111 Å². The molecule has 0 radical (unpaired) electrons. The molecular formula is C11H17BrN2O2S. The predicted octanol–water partition coefficient (Wildman–Crippen LogP) is 1.65. The number of sulfonamides is 1. The van der Waals surface area contributed by atoms with Crippen LogP contribution in [0.25, 0.3) is 0 Å². The van der Waals surface area contributed by atoms with Crippen molar-refractivity contribution in [3.05, 3.63) is 28.2 Å². The van der Waals surface area contributed by atoms with Gasteiger partial charge in [-0.05, 0) is 37.2 Å². The highest BCUT2D eigenvalue weighted by Crippen LogP contribution is 2.19. The van der Waals surface area contributed by atoms with Crippen molar-refractivity contribution in [2.75, 3.05) is 19.6 Å². The molecule has 0 bridgehead atoms. The molecule has 0 atom stereocenters. The van der Waals surface area contributed by atoms with Gasteiger partial charge in [-0.15, -0.1) is 0 Å².